The van der Waals surface area contributed by atoms with Crippen molar-refractivity contribution in [3.63, 3.8) is 0 Å². The summed E-state index contributed by atoms with van der Waals surface area (Å²) in [5.74, 6) is 0.731. The monoisotopic (exact) mass is 289 g/mol. The SMILES string of the molecule is FC(F)(F)COCCCOc1ccc2c(c1)NCCC2. The maximum atomic E-state index is 11.8. The Hall–Kier alpha value is -1.43. The number of halogens is 3. The van der Waals surface area contributed by atoms with E-state index in [1.54, 1.807) is 0 Å². The molecule has 2 rings (SSSR count). The van der Waals surface area contributed by atoms with Gasteiger partial charge in [-0.3, -0.25) is 0 Å². The molecule has 1 heterocycles. The minimum Gasteiger partial charge on any atom is -0.493 e. The van der Waals surface area contributed by atoms with E-state index in [1.807, 2.05) is 18.2 Å². The lowest BCUT2D eigenvalue weighted by Gasteiger charge is -2.18. The van der Waals surface area contributed by atoms with Crippen molar-refractivity contribution in [1.29, 1.82) is 0 Å². The van der Waals surface area contributed by atoms with Gasteiger partial charge in [-0.05, 0) is 24.5 Å². The number of rotatable bonds is 6. The molecule has 0 aliphatic carbocycles. The van der Waals surface area contributed by atoms with Crippen LogP contribution in [0.1, 0.15) is 18.4 Å². The van der Waals surface area contributed by atoms with Gasteiger partial charge < -0.3 is 14.8 Å². The molecule has 0 spiro atoms. The van der Waals surface area contributed by atoms with Crippen LogP contribution in [0, 0.1) is 0 Å². The Balaban J connectivity index is 1.67. The summed E-state index contributed by atoms with van der Waals surface area (Å²) in [6, 6.07) is 5.85. The molecule has 1 N–H and O–H groups in total. The van der Waals surface area contributed by atoms with Crippen LogP contribution in [0.2, 0.25) is 0 Å². The molecule has 1 aliphatic rings. The van der Waals surface area contributed by atoms with Gasteiger partial charge in [-0.15, -0.1) is 0 Å². The van der Waals surface area contributed by atoms with Crippen molar-refractivity contribution in [2.24, 2.45) is 0 Å². The number of alkyl halides is 3. The van der Waals surface area contributed by atoms with E-state index in [4.69, 9.17) is 4.74 Å². The van der Waals surface area contributed by atoms with Crippen LogP contribution in [0.25, 0.3) is 0 Å². The second-order valence-corrected chi connectivity index (χ2v) is 4.72. The summed E-state index contributed by atoms with van der Waals surface area (Å²) in [6.07, 6.45) is -1.64. The van der Waals surface area contributed by atoms with Gasteiger partial charge in [-0.2, -0.15) is 13.2 Å². The molecule has 112 valence electrons. The zero-order chi connectivity index (χ0) is 14.4. The Morgan fingerprint density at radius 1 is 1.20 bits per heavy atom. The van der Waals surface area contributed by atoms with Gasteiger partial charge in [0.15, 0.2) is 0 Å². The van der Waals surface area contributed by atoms with Crippen molar-refractivity contribution < 1.29 is 22.6 Å². The molecule has 0 saturated carbocycles. The molecule has 0 amide bonds. The Bertz CT molecular complexity index is 435. The molecule has 20 heavy (non-hydrogen) atoms. The zero-order valence-corrected chi connectivity index (χ0v) is 11.1. The first-order valence-electron chi connectivity index (χ1n) is 6.69. The highest BCUT2D eigenvalue weighted by molar-refractivity contribution is 5.56. The fourth-order valence-corrected chi connectivity index (χ4v) is 2.07. The van der Waals surface area contributed by atoms with Crippen LogP contribution in [0.5, 0.6) is 5.75 Å². The molecular formula is C14H18F3NO2. The quantitative estimate of drug-likeness (QED) is 0.814. The van der Waals surface area contributed by atoms with Crippen LogP contribution in [0.3, 0.4) is 0 Å². The predicted molar refractivity (Wildman–Crippen MR) is 70.2 cm³/mol. The number of benzene rings is 1. The van der Waals surface area contributed by atoms with Crippen molar-refractivity contribution in [1.82, 2.24) is 0 Å². The molecule has 0 aromatic heterocycles. The lowest BCUT2D eigenvalue weighted by atomic mass is 10.0. The number of fused-ring (bicyclic) bond motifs is 1. The Morgan fingerprint density at radius 3 is 2.85 bits per heavy atom. The van der Waals surface area contributed by atoms with Crippen molar-refractivity contribution in [2.45, 2.75) is 25.4 Å². The maximum absolute atomic E-state index is 11.8. The summed E-state index contributed by atoms with van der Waals surface area (Å²) in [6.45, 7) is 0.150. The summed E-state index contributed by atoms with van der Waals surface area (Å²) < 4.78 is 45.5. The smallest absolute Gasteiger partial charge is 0.411 e. The predicted octanol–water partition coefficient (Wildman–Crippen LogP) is 3.39. The first kappa shape index (κ1) is 15.0. The zero-order valence-electron chi connectivity index (χ0n) is 11.1. The molecule has 1 aromatic carbocycles. The van der Waals surface area contributed by atoms with E-state index in [0.29, 0.717) is 13.0 Å². The van der Waals surface area contributed by atoms with Crippen LogP contribution >= 0.6 is 0 Å². The van der Waals surface area contributed by atoms with Gasteiger partial charge in [0.25, 0.3) is 0 Å². The number of nitrogens with one attached hydrogen (secondary N) is 1. The molecular weight excluding hydrogens is 271 g/mol. The van der Waals surface area contributed by atoms with Gasteiger partial charge in [0.1, 0.15) is 12.4 Å². The standard InChI is InChI=1S/C14H18F3NO2/c15-14(16,17)10-19-7-2-8-20-12-5-4-11-3-1-6-18-13(11)9-12/h4-5,9,18H,1-3,6-8,10H2. The molecule has 3 nitrogen and oxygen atoms in total. The van der Waals surface area contributed by atoms with Crippen molar-refractivity contribution in [3.05, 3.63) is 23.8 Å². The van der Waals surface area contributed by atoms with Crippen molar-refractivity contribution in [2.75, 3.05) is 31.7 Å². The van der Waals surface area contributed by atoms with E-state index in [0.717, 1.165) is 30.8 Å². The minimum atomic E-state index is -4.26. The second-order valence-electron chi connectivity index (χ2n) is 4.72. The fourth-order valence-electron chi connectivity index (χ4n) is 2.07. The number of hydrogen-bond acceptors (Lipinski definition) is 3. The average molecular weight is 289 g/mol. The summed E-state index contributed by atoms with van der Waals surface area (Å²) in [7, 11) is 0. The number of ether oxygens (including phenoxy) is 2. The molecule has 0 unspecified atom stereocenters. The first-order chi connectivity index (χ1) is 9.54. The largest absolute Gasteiger partial charge is 0.493 e. The van der Waals surface area contributed by atoms with Gasteiger partial charge in [-0.25, -0.2) is 0 Å². The van der Waals surface area contributed by atoms with Gasteiger partial charge >= 0.3 is 6.18 Å². The highest BCUT2D eigenvalue weighted by Gasteiger charge is 2.27. The first-order valence-corrected chi connectivity index (χ1v) is 6.69. The molecule has 0 saturated heterocycles. The Morgan fingerprint density at radius 2 is 2.05 bits per heavy atom. The number of aryl methyl sites for hydroxylation is 1. The topological polar surface area (TPSA) is 30.5 Å². The Labute approximate surface area is 116 Å². The molecule has 1 aliphatic heterocycles. The lowest BCUT2D eigenvalue weighted by Crippen LogP contribution is -2.18. The second kappa shape index (κ2) is 6.83. The lowest BCUT2D eigenvalue weighted by molar-refractivity contribution is -0.174. The molecule has 0 radical (unpaired) electrons. The third kappa shape index (κ3) is 4.92. The molecule has 0 fully saturated rings. The van der Waals surface area contributed by atoms with E-state index in [9.17, 15) is 13.2 Å². The normalized spacial score (nSPS) is 14.6. The van der Waals surface area contributed by atoms with Crippen molar-refractivity contribution >= 4 is 5.69 Å². The van der Waals surface area contributed by atoms with Crippen molar-refractivity contribution in [3.8, 4) is 5.75 Å². The number of hydrogen-bond donors (Lipinski definition) is 1. The van der Waals surface area contributed by atoms with E-state index >= 15 is 0 Å². The van der Waals surface area contributed by atoms with Crippen LogP contribution < -0.4 is 10.1 Å². The summed E-state index contributed by atoms with van der Waals surface area (Å²) in [5, 5.41) is 3.30. The van der Waals surface area contributed by atoms with Crippen LogP contribution in [0.15, 0.2) is 18.2 Å². The van der Waals surface area contributed by atoms with E-state index in [2.05, 4.69) is 10.1 Å². The van der Waals surface area contributed by atoms with Gasteiger partial charge in [0, 0.05) is 24.7 Å². The molecule has 6 heteroatoms. The van der Waals surface area contributed by atoms with Crippen LogP contribution in [-0.2, 0) is 11.2 Å². The van der Waals surface area contributed by atoms with E-state index < -0.39 is 12.8 Å². The maximum Gasteiger partial charge on any atom is 0.411 e. The average Bonchev–Trinajstić information content (AvgIpc) is 2.41. The minimum absolute atomic E-state index is 0.0443. The third-order valence-corrected chi connectivity index (χ3v) is 2.99. The molecule has 1 aromatic rings. The summed E-state index contributed by atoms with van der Waals surface area (Å²) in [5.41, 5.74) is 2.36. The van der Waals surface area contributed by atoms with Gasteiger partial charge in [-0.1, -0.05) is 6.07 Å². The van der Waals surface area contributed by atoms with Gasteiger partial charge in [0.05, 0.1) is 13.2 Å². The van der Waals surface area contributed by atoms with Gasteiger partial charge in [0.2, 0.25) is 0 Å². The molecule has 0 bridgehead atoms. The van der Waals surface area contributed by atoms with Crippen LogP contribution in [0.4, 0.5) is 18.9 Å². The summed E-state index contributed by atoms with van der Waals surface area (Å²) in [4.78, 5) is 0. The van der Waals surface area contributed by atoms with E-state index in [-0.39, 0.29) is 6.61 Å². The van der Waals surface area contributed by atoms with Crippen LogP contribution in [-0.4, -0.2) is 32.5 Å². The van der Waals surface area contributed by atoms with E-state index in [1.165, 1.54) is 5.56 Å². The highest BCUT2D eigenvalue weighted by atomic mass is 19.4. The Kier molecular flexibility index (Phi) is 5.11. The fraction of sp³-hybridized carbons (Fsp3) is 0.571. The highest BCUT2D eigenvalue weighted by Crippen LogP contribution is 2.26. The number of anilines is 1. The summed E-state index contributed by atoms with van der Waals surface area (Å²) >= 11 is 0. The third-order valence-electron chi connectivity index (χ3n) is 2.99. The molecule has 0 atom stereocenters.